The van der Waals surface area contributed by atoms with Gasteiger partial charge < -0.3 is 23.4 Å². The summed E-state index contributed by atoms with van der Waals surface area (Å²) in [5.41, 5.74) is 0.926. The van der Waals surface area contributed by atoms with E-state index in [1.54, 1.807) is 0 Å². The molecule has 0 radical (unpaired) electrons. The molecule has 3 heterocycles. The molecule has 3 aliphatic heterocycles. The third kappa shape index (κ3) is 37.0. The molecule has 1 aromatic rings. The summed E-state index contributed by atoms with van der Waals surface area (Å²) in [5, 5.41) is 0. The highest BCUT2D eigenvalue weighted by Crippen LogP contribution is 2.40. The maximum absolute atomic E-state index is 13.4. The minimum Gasteiger partial charge on any atom is -0.490 e. The van der Waals surface area contributed by atoms with Crippen LogP contribution in [0.1, 0.15) is 335 Å². The van der Waals surface area contributed by atoms with Gasteiger partial charge in [-0.2, -0.15) is 0 Å². The van der Waals surface area contributed by atoms with Gasteiger partial charge >= 0.3 is 5.97 Å². The monoisotopic (exact) mass is 1070 g/mol. The fraction of sp³-hybridized carbons (Fsp3) is 0.899. The Bertz CT molecular complexity index is 1360. The highest BCUT2D eigenvalue weighted by molar-refractivity contribution is 5.70. The largest absolute Gasteiger partial charge is 0.490 e. The van der Waals surface area contributed by atoms with Gasteiger partial charge in [0, 0.05) is 19.6 Å². The normalized spacial score (nSPS) is 16.2. The van der Waals surface area contributed by atoms with Gasteiger partial charge in [-0.15, -0.1) is 0 Å². The highest BCUT2D eigenvalue weighted by Gasteiger charge is 2.40. The van der Waals surface area contributed by atoms with E-state index in [9.17, 15) is 4.79 Å². The maximum Gasteiger partial charge on any atom is 0.362 e. The van der Waals surface area contributed by atoms with Gasteiger partial charge in [0.2, 0.25) is 5.75 Å². The Morgan fingerprint density at radius 1 is 0.368 bits per heavy atom. The number of fused-ring (bicyclic) bond motifs is 3. The zero-order chi connectivity index (χ0) is 53.9. The molecule has 3 fully saturated rings. The molecule has 0 N–H and O–H groups in total. The van der Waals surface area contributed by atoms with Gasteiger partial charge in [-0.05, 0) is 37.0 Å². The summed E-state index contributed by atoms with van der Waals surface area (Å²) < 4.78 is 27.0. The van der Waals surface area contributed by atoms with Crippen molar-refractivity contribution in [1.29, 1.82) is 0 Å². The Morgan fingerprint density at radius 3 is 0.895 bits per heavy atom. The van der Waals surface area contributed by atoms with Crippen LogP contribution in [-0.4, -0.2) is 81.0 Å². The standard InChI is InChI=1S/C69H129N2O5/c1-4-7-10-13-16-19-22-25-28-31-34-37-40-43-46-49-58-73-66-61-65(64-76-68(72)63-71-55-52-70(53-56-71)54-57-71)62-67(74-59-50-47-44-41-38-35-32-29-26-23-20-17-14-11-8-5-2)69(66)75-60-51-48-45-42-39-36-33-30-27-24-21-18-15-12-9-6-3/h61-62H,4-60,63-64H2,1-3H3/q+1. The van der Waals surface area contributed by atoms with Crippen molar-refractivity contribution in [3.63, 3.8) is 0 Å². The van der Waals surface area contributed by atoms with Gasteiger partial charge in [0.1, 0.15) is 6.61 Å². The average molecular weight is 1070 g/mol. The molecule has 0 spiro atoms. The summed E-state index contributed by atoms with van der Waals surface area (Å²) in [6.07, 6.45) is 65.1. The fourth-order valence-electron chi connectivity index (χ4n) is 12.0. The fourth-order valence-corrected chi connectivity index (χ4v) is 12.0. The first kappa shape index (κ1) is 68.3. The first-order chi connectivity index (χ1) is 37.6. The van der Waals surface area contributed by atoms with E-state index in [1.807, 2.05) is 0 Å². The minimum atomic E-state index is -0.0922. The Hall–Kier alpha value is -1.99. The summed E-state index contributed by atoms with van der Waals surface area (Å²) in [6.45, 7) is 16.0. The molecule has 7 heteroatoms. The molecule has 7 nitrogen and oxygen atoms in total. The number of quaternary nitrogens is 1. The number of esters is 1. The first-order valence-electron chi connectivity index (χ1n) is 34.4. The van der Waals surface area contributed by atoms with E-state index in [0.717, 1.165) is 85.8 Å². The molecule has 0 unspecified atom stereocenters. The molecule has 444 valence electrons. The van der Waals surface area contributed by atoms with Crippen LogP contribution in [0.15, 0.2) is 12.1 Å². The molecule has 1 aromatic carbocycles. The molecule has 0 aliphatic carbocycles. The Labute approximate surface area is 473 Å². The summed E-state index contributed by atoms with van der Waals surface area (Å²) in [4.78, 5) is 16.0. The van der Waals surface area contributed by atoms with E-state index in [4.69, 9.17) is 18.9 Å². The molecule has 0 saturated carbocycles. The lowest BCUT2D eigenvalue weighted by molar-refractivity contribution is -0.934. The molecule has 0 aromatic heterocycles. The molecular formula is C69H129N2O5+. The van der Waals surface area contributed by atoms with E-state index < -0.39 is 0 Å². The van der Waals surface area contributed by atoms with Gasteiger partial charge in [-0.25, -0.2) is 4.79 Å². The van der Waals surface area contributed by atoms with Crippen LogP contribution in [-0.2, 0) is 16.1 Å². The van der Waals surface area contributed by atoms with Crippen LogP contribution >= 0.6 is 0 Å². The van der Waals surface area contributed by atoms with Crippen LogP contribution in [0.25, 0.3) is 0 Å². The number of ether oxygens (including phenoxy) is 4. The zero-order valence-corrected chi connectivity index (χ0v) is 51.3. The Morgan fingerprint density at radius 2 is 0.618 bits per heavy atom. The van der Waals surface area contributed by atoms with Crippen LogP contribution in [0.4, 0.5) is 0 Å². The van der Waals surface area contributed by atoms with Crippen LogP contribution in [0.3, 0.4) is 0 Å². The van der Waals surface area contributed by atoms with Crippen molar-refractivity contribution in [2.24, 2.45) is 0 Å². The molecule has 3 aliphatic rings. The number of hydrogen-bond donors (Lipinski definition) is 0. The minimum absolute atomic E-state index is 0.0922. The van der Waals surface area contributed by atoms with Crippen LogP contribution < -0.4 is 14.2 Å². The number of nitrogens with zero attached hydrogens (tertiary/aromatic N) is 2. The van der Waals surface area contributed by atoms with Crippen molar-refractivity contribution in [3.05, 3.63) is 17.7 Å². The van der Waals surface area contributed by atoms with E-state index in [-0.39, 0.29) is 12.6 Å². The maximum atomic E-state index is 13.4. The summed E-state index contributed by atoms with van der Waals surface area (Å²) in [7, 11) is 0. The van der Waals surface area contributed by atoms with Crippen LogP contribution in [0, 0.1) is 0 Å². The highest BCUT2D eigenvalue weighted by atomic mass is 16.5. The second kappa shape index (κ2) is 50.0. The predicted octanol–water partition coefficient (Wildman–Crippen LogP) is 20.8. The van der Waals surface area contributed by atoms with Gasteiger partial charge in [-0.1, -0.05) is 310 Å². The van der Waals surface area contributed by atoms with Crippen molar-refractivity contribution in [1.82, 2.24) is 4.90 Å². The summed E-state index contributed by atoms with van der Waals surface area (Å²) in [5.74, 6) is 2.16. The van der Waals surface area contributed by atoms with E-state index in [2.05, 4.69) is 37.8 Å². The molecule has 4 rings (SSSR count). The number of hydrogen-bond acceptors (Lipinski definition) is 6. The number of unbranched alkanes of at least 4 members (excludes halogenated alkanes) is 45. The van der Waals surface area contributed by atoms with Crippen molar-refractivity contribution in [3.8, 4) is 17.2 Å². The van der Waals surface area contributed by atoms with Gasteiger partial charge in [-0.3, -0.25) is 4.90 Å². The number of piperazine rings is 3. The summed E-state index contributed by atoms with van der Waals surface area (Å²) in [6, 6.07) is 4.16. The second-order valence-corrected chi connectivity index (χ2v) is 24.5. The molecule has 76 heavy (non-hydrogen) atoms. The topological polar surface area (TPSA) is 57.2 Å². The smallest absolute Gasteiger partial charge is 0.362 e. The zero-order valence-electron chi connectivity index (χ0n) is 51.3. The van der Waals surface area contributed by atoms with Crippen molar-refractivity contribution in [2.75, 3.05) is 65.6 Å². The van der Waals surface area contributed by atoms with Crippen molar-refractivity contribution in [2.45, 2.75) is 336 Å². The van der Waals surface area contributed by atoms with Gasteiger partial charge in [0.25, 0.3) is 0 Å². The van der Waals surface area contributed by atoms with E-state index >= 15 is 0 Å². The lowest BCUT2D eigenvalue weighted by atomic mass is 10.0. The SMILES string of the molecule is CCCCCCCCCCCCCCCCCCOc1cc(COC(=O)C[N+]23CCN(CC2)CC3)cc(OCCCCCCCCCCCCCCCCCC)c1OCCCCCCCCCCCCCCCCCC. The second-order valence-electron chi connectivity index (χ2n) is 24.5. The molecule has 0 atom stereocenters. The van der Waals surface area contributed by atoms with Crippen molar-refractivity contribution < 1.29 is 28.2 Å². The average Bonchev–Trinajstić information content (AvgIpc) is 3.44. The molecule has 0 amide bonds. The molecular weight excluding hydrogens is 937 g/mol. The summed E-state index contributed by atoms with van der Waals surface area (Å²) >= 11 is 0. The number of rotatable bonds is 58. The molecule has 2 bridgehead atoms. The Kier molecular flexibility index (Phi) is 44.9. The number of benzene rings is 1. The van der Waals surface area contributed by atoms with Crippen LogP contribution in [0.2, 0.25) is 0 Å². The lowest BCUT2D eigenvalue weighted by Crippen LogP contribution is -2.68. The molecule has 3 saturated heterocycles. The van der Waals surface area contributed by atoms with Gasteiger partial charge in [0.15, 0.2) is 18.0 Å². The van der Waals surface area contributed by atoms with Crippen LogP contribution in [0.5, 0.6) is 17.2 Å². The number of carbonyl (C=O) groups is 1. The van der Waals surface area contributed by atoms with E-state index in [1.165, 1.54) is 289 Å². The quantitative estimate of drug-likeness (QED) is 0.0368. The van der Waals surface area contributed by atoms with E-state index in [0.29, 0.717) is 26.4 Å². The first-order valence-corrected chi connectivity index (χ1v) is 34.4. The van der Waals surface area contributed by atoms with Gasteiger partial charge in [0.05, 0.1) is 39.5 Å². The lowest BCUT2D eigenvalue weighted by Gasteiger charge is -2.49. The third-order valence-electron chi connectivity index (χ3n) is 17.4. The number of carbonyl (C=O) groups excluding carboxylic acids is 1. The Balaban J connectivity index is 1.48. The van der Waals surface area contributed by atoms with Crippen molar-refractivity contribution >= 4 is 5.97 Å². The third-order valence-corrected chi connectivity index (χ3v) is 17.4. The predicted molar refractivity (Wildman–Crippen MR) is 328 cm³/mol.